The van der Waals surface area contributed by atoms with Crippen molar-refractivity contribution in [3.05, 3.63) is 78.5 Å². The lowest BCUT2D eigenvalue weighted by Gasteiger charge is -2.15. The number of rotatable bonds is 7. The number of hydrogen-bond acceptors (Lipinski definition) is 4. The molecule has 1 heterocycles. The molecule has 3 rings (SSSR count). The predicted octanol–water partition coefficient (Wildman–Crippen LogP) is 4.68. The molecule has 0 bridgehead atoms. The number of carboxylic acid groups (broad SMARTS) is 1. The van der Waals surface area contributed by atoms with Gasteiger partial charge in [0.05, 0.1) is 0 Å². The molecule has 0 aliphatic rings. The Kier molecular flexibility index (Phi) is 5.26. The van der Waals surface area contributed by atoms with Gasteiger partial charge in [-0.2, -0.15) is 0 Å². The molecule has 0 saturated carbocycles. The minimum atomic E-state index is -0.860. The van der Waals surface area contributed by atoms with Gasteiger partial charge >= 0.3 is 5.97 Å². The number of carboxylic acids is 1. The van der Waals surface area contributed by atoms with Crippen LogP contribution in [0.5, 0.6) is 23.1 Å². The van der Waals surface area contributed by atoms with Crippen LogP contribution >= 0.6 is 0 Å². The molecule has 126 valence electrons. The molecule has 3 aromatic rings. The topological polar surface area (TPSA) is 68.7 Å². The summed E-state index contributed by atoms with van der Waals surface area (Å²) < 4.78 is 11.8. The number of carbonyl (C=O) groups is 1. The average molecular weight is 335 g/mol. The Morgan fingerprint density at radius 1 is 0.920 bits per heavy atom. The normalized spacial score (nSPS) is 10.2. The van der Waals surface area contributed by atoms with E-state index in [1.54, 1.807) is 24.4 Å². The van der Waals surface area contributed by atoms with Crippen LogP contribution in [-0.2, 0) is 11.2 Å². The molecule has 25 heavy (non-hydrogen) atoms. The number of aryl methyl sites for hydroxylation is 1. The summed E-state index contributed by atoms with van der Waals surface area (Å²) in [5.74, 6) is 1.22. The van der Waals surface area contributed by atoms with Crippen LogP contribution in [0.2, 0.25) is 0 Å². The standard InChI is InChI=1S/C20H17NO4/c22-19(23)13-12-15-7-6-10-17(25-18-11-4-5-14-21-18)20(15)24-16-8-2-1-3-9-16/h1-11,14H,12-13H2,(H,22,23). The first-order valence-electron chi connectivity index (χ1n) is 7.88. The lowest BCUT2D eigenvalue weighted by atomic mass is 10.1. The van der Waals surface area contributed by atoms with Gasteiger partial charge in [-0.15, -0.1) is 0 Å². The Morgan fingerprint density at radius 2 is 1.72 bits per heavy atom. The maximum absolute atomic E-state index is 10.9. The van der Waals surface area contributed by atoms with E-state index in [2.05, 4.69) is 4.98 Å². The average Bonchev–Trinajstić information content (AvgIpc) is 2.63. The van der Waals surface area contributed by atoms with E-state index in [1.807, 2.05) is 48.5 Å². The molecule has 0 spiro atoms. The van der Waals surface area contributed by atoms with E-state index in [-0.39, 0.29) is 6.42 Å². The van der Waals surface area contributed by atoms with Crippen molar-refractivity contribution in [2.75, 3.05) is 0 Å². The van der Waals surface area contributed by atoms with Crippen LogP contribution in [0.1, 0.15) is 12.0 Å². The quantitative estimate of drug-likeness (QED) is 0.679. The molecule has 2 aromatic carbocycles. The van der Waals surface area contributed by atoms with Crippen molar-refractivity contribution < 1.29 is 19.4 Å². The Morgan fingerprint density at radius 3 is 2.44 bits per heavy atom. The third-order valence-electron chi connectivity index (χ3n) is 3.48. The summed E-state index contributed by atoms with van der Waals surface area (Å²) in [5, 5.41) is 8.98. The molecule has 1 N–H and O–H groups in total. The fourth-order valence-corrected chi connectivity index (χ4v) is 2.32. The second-order valence-electron chi connectivity index (χ2n) is 5.32. The maximum Gasteiger partial charge on any atom is 0.303 e. The van der Waals surface area contributed by atoms with Crippen molar-refractivity contribution >= 4 is 5.97 Å². The molecule has 0 radical (unpaired) electrons. The van der Waals surface area contributed by atoms with Gasteiger partial charge in [0.1, 0.15) is 5.75 Å². The smallest absolute Gasteiger partial charge is 0.303 e. The highest BCUT2D eigenvalue weighted by molar-refractivity contribution is 5.67. The van der Waals surface area contributed by atoms with E-state index in [4.69, 9.17) is 14.6 Å². The Balaban J connectivity index is 1.94. The van der Waals surface area contributed by atoms with Gasteiger partial charge in [-0.25, -0.2) is 4.98 Å². The van der Waals surface area contributed by atoms with Crippen molar-refractivity contribution in [1.82, 2.24) is 4.98 Å². The van der Waals surface area contributed by atoms with Gasteiger partial charge in [-0.1, -0.05) is 36.4 Å². The van der Waals surface area contributed by atoms with E-state index >= 15 is 0 Å². The van der Waals surface area contributed by atoms with E-state index in [0.29, 0.717) is 29.5 Å². The van der Waals surface area contributed by atoms with Crippen molar-refractivity contribution in [2.45, 2.75) is 12.8 Å². The first-order chi connectivity index (χ1) is 12.2. The van der Waals surface area contributed by atoms with Crippen molar-refractivity contribution in [2.24, 2.45) is 0 Å². The van der Waals surface area contributed by atoms with Gasteiger partial charge in [0.15, 0.2) is 11.5 Å². The van der Waals surface area contributed by atoms with Crippen LogP contribution in [-0.4, -0.2) is 16.1 Å². The van der Waals surface area contributed by atoms with Crippen LogP contribution in [0, 0.1) is 0 Å². The molecule has 1 aromatic heterocycles. The van der Waals surface area contributed by atoms with Crippen LogP contribution in [0.4, 0.5) is 0 Å². The SMILES string of the molecule is O=C(O)CCc1cccc(Oc2ccccn2)c1Oc1ccccc1. The lowest BCUT2D eigenvalue weighted by molar-refractivity contribution is -0.136. The van der Waals surface area contributed by atoms with Gasteiger partial charge in [0.25, 0.3) is 0 Å². The van der Waals surface area contributed by atoms with E-state index < -0.39 is 5.97 Å². The number of nitrogens with zero attached hydrogens (tertiary/aromatic N) is 1. The van der Waals surface area contributed by atoms with E-state index in [0.717, 1.165) is 5.56 Å². The molecule has 0 amide bonds. The number of pyridine rings is 1. The van der Waals surface area contributed by atoms with Crippen LogP contribution in [0.25, 0.3) is 0 Å². The number of para-hydroxylation sites is 2. The minimum Gasteiger partial charge on any atom is -0.481 e. The molecule has 0 fully saturated rings. The third kappa shape index (κ3) is 4.57. The molecular weight excluding hydrogens is 318 g/mol. The Hall–Kier alpha value is -3.34. The third-order valence-corrected chi connectivity index (χ3v) is 3.48. The fourth-order valence-electron chi connectivity index (χ4n) is 2.32. The zero-order valence-corrected chi connectivity index (χ0v) is 13.5. The fraction of sp³-hybridized carbons (Fsp3) is 0.100. The van der Waals surface area contributed by atoms with Gasteiger partial charge in [-0.05, 0) is 36.2 Å². The summed E-state index contributed by atoms with van der Waals surface area (Å²) in [6.07, 6.45) is 2.00. The number of aromatic nitrogens is 1. The van der Waals surface area contributed by atoms with Crippen LogP contribution in [0.15, 0.2) is 72.9 Å². The van der Waals surface area contributed by atoms with Crippen LogP contribution < -0.4 is 9.47 Å². The highest BCUT2D eigenvalue weighted by atomic mass is 16.5. The molecule has 5 nitrogen and oxygen atoms in total. The summed E-state index contributed by atoms with van der Waals surface area (Å²) in [4.78, 5) is 15.1. The summed E-state index contributed by atoms with van der Waals surface area (Å²) in [7, 11) is 0. The Labute approximate surface area is 145 Å². The second-order valence-corrected chi connectivity index (χ2v) is 5.32. The number of ether oxygens (including phenoxy) is 2. The van der Waals surface area contributed by atoms with E-state index in [1.165, 1.54) is 0 Å². The lowest BCUT2D eigenvalue weighted by Crippen LogP contribution is -2.01. The van der Waals surface area contributed by atoms with Crippen molar-refractivity contribution in [3.8, 4) is 23.1 Å². The van der Waals surface area contributed by atoms with Gasteiger partial charge in [-0.3, -0.25) is 4.79 Å². The maximum atomic E-state index is 10.9. The summed E-state index contributed by atoms with van der Waals surface area (Å²) in [6.45, 7) is 0. The Bertz CT molecular complexity index is 835. The first kappa shape index (κ1) is 16.5. The van der Waals surface area contributed by atoms with Crippen LogP contribution in [0.3, 0.4) is 0 Å². The minimum absolute atomic E-state index is 0.0121. The second kappa shape index (κ2) is 7.97. The first-order valence-corrected chi connectivity index (χ1v) is 7.88. The molecule has 0 atom stereocenters. The molecule has 0 aliphatic carbocycles. The van der Waals surface area contributed by atoms with Crippen molar-refractivity contribution in [1.29, 1.82) is 0 Å². The number of aliphatic carboxylic acids is 1. The highest BCUT2D eigenvalue weighted by Crippen LogP contribution is 2.37. The molecular formula is C20H17NO4. The highest BCUT2D eigenvalue weighted by Gasteiger charge is 2.14. The van der Waals surface area contributed by atoms with E-state index in [9.17, 15) is 4.79 Å². The summed E-state index contributed by atoms with van der Waals surface area (Å²) >= 11 is 0. The number of benzene rings is 2. The van der Waals surface area contributed by atoms with Gasteiger partial charge in [0, 0.05) is 18.7 Å². The predicted molar refractivity (Wildman–Crippen MR) is 93.2 cm³/mol. The van der Waals surface area contributed by atoms with Gasteiger partial charge < -0.3 is 14.6 Å². The zero-order valence-electron chi connectivity index (χ0n) is 13.5. The van der Waals surface area contributed by atoms with Crippen molar-refractivity contribution in [3.63, 3.8) is 0 Å². The molecule has 0 saturated heterocycles. The monoisotopic (exact) mass is 335 g/mol. The molecule has 0 unspecified atom stereocenters. The zero-order chi connectivity index (χ0) is 17.5. The largest absolute Gasteiger partial charge is 0.481 e. The summed E-state index contributed by atoms with van der Waals surface area (Å²) in [5.41, 5.74) is 0.764. The summed E-state index contributed by atoms with van der Waals surface area (Å²) in [6, 6.07) is 20.1. The molecule has 5 heteroatoms. The number of hydrogen-bond donors (Lipinski definition) is 1. The molecule has 0 aliphatic heterocycles. The van der Waals surface area contributed by atoms with Gasteiger partial charge in [0.2, 0.25) is 5.88 Å².